The van der Waals surface area contributed by atoms with Gasteiger partial charge >= 0.3 is 6.03 Å². The van der Waals surface area contributed by atoms with Crippen LogP contribution in [0.25, 0.3) is 10.9 Å². The van der Waals surface area contributed by atoms with Crippen LogP contribution in [0, 0.1) is 28.8 Å². The Kier molecular flexibility index (Phi) is 5.46. The fraction of sp³-hybridized carbons (Fsp3) is 0.154. The molecule has 0 fully saturated rings. The second-order valence-corrected chi connectivity index (χ2v) is 8.15. The molecule has 0 spiro atoms. The molecule has 5 nitrogen and oxygen atoms in total. The summed E-state index contributed by atoms with van der Waals surface area (Å²) in [6.07, 6.45) is 1.21. The van der Waals surface area contributed by atoms with Gasteiger partial charge in [0.25, 0.3) is 0 Å². The van der Waals surface area contributed by atoms with Gasteiger partial charge in [-0.25, -0.2) is 18.0 Å². The molecule has 0 aliphatic carbocycles. The van der Waals surface area contributed by atoms with Gasteiger partial charge in [0.05, 0.1) is 11.6 Å². The van der Waals surface area contributed by atoms with Crippen LogP contribution in [0.2, 0.25) is 0 Å². The number of aromatic nitrogens is 1. The van der Waals surface area contributed by atoms with Crippen molar-refractivity contribution >= 4 is 22.6 Å². The maximum Gasteiger partial charge on any atom is 0.322 e. The molecule has 3 aromatic carbocycles. The second kappa shape index (κ2) is 8.60. The summed E-state index contributed by atoms with van der Waals surface area (Å²) in [6.45, 7) is 0.254. The van der Waals surface area contributed by atoms with Crippen molar-refractivity contribution in [3.05, 3.63) is 100 Å². The van der Waals surface area contributed by atoms with E-state index in [9.17, 15) is 13.6 Å². The van der Waals surface area contributed by atoms with Gasteiger partial charge in [-0.15, -0.1) is 0 Å². The predicted molar refractivity (Wildman–Crippen MR) is 122 cm³/mol. The standard InChI is InChI=1S/C26H19F3N4O/c27-20-11-10-19(22(28)23(20)29)25-24-18(17-7-1-2-9-21(17)32-24)8-4-12-33(25)26(34)31-16-6-3-5-15(13-16)14-30/h1-3,5-7,9-11,13,25,32H,4,8,12H2,(H,31,34). The van der Waals surface area contributed by atoms with Crippen LogP contribution in [0.5, 0.6) is 0 Å². The average Bonchev–Trinajstić information content (AvgIpc) is 3.10. The minimum atomic E-state index is -1.58. The molecule has 5 rings (SSSR count). The van der Waals surface area contributed by atoms with Crippen LogP contribution in [0.3, 0.4) is 0 Å². The molecule has 1 aliphatic rings. The average molecular weight is 460 g/mol. The highest BCUT2D eigenvalue weighted by Crippen LogP contribution is 2.39. The Morgan fingerprint density at radius 1 is 1.06 bits per heavy atom. The molecule has 4 aromatic rings. The summed E-state index contributed by atoms with van der Waals surface area (Å²) in [5, 5.41) is 12.8. The van der Waals surface area contributed by atoms with E-state index in [4.69, 9.17) is 5.26 Å². The SMILES string of the molecule is N#Cc1cccc(NC(=O)N2CCCc3c([nH]c4ccccc34)C2c2ccc(F)c(F)c2F)c1. The minimum absolute atomic E-state index is 0.144. The van der Waals surface area contributed by atoms with Gasteiger partial charge in [-0.3, -0.25) is 0 Å². The highest BCUT2D eigenvalue weighted by Gasteiger charge is 2.35. The fourth-order valence-electron chi connectivity index (χ4n) is 4.59. The van der Waals surface area contributed by atoms with E-state index in [1.807, 2.05) is 30.3 Å². The maximum absolute atomic E-state index is 15.1. The third-order valence-electron chi connectivity index (χ3n) is 6.12. The van der Waals surface area contributed by atoms with E-state index in [0.29, 0.717) is 29.8 Å². The normalized spacial score (nSPS) is 15.5. The zero-order valence-corrected chi connectivity index (χ0v) is 17.9. The molecule has 0 radical (unpaired) electrons. The monoisotopic (exact) mass is 460 g/mol. The highest BCUT2D eigenvalue weighted by atomic mass is 19.2. The molecule has 1 aromatic heterocycles. The zero-order chi connectivity index (χ0) is 23.8. The van der Waals surface area contributed by atoms with Crippen molar-refractivity contribution in [2.75, 3.05) is 11.9 Å². The van der Waals surface area contributed by atoms with Gasteiger partial charge in [-0.2, -0.15) is 5.26 Å². The number of H-pyrrole nitrogens is 1. The first-order chi connectivity index (χ1) is 16.5. The quantitative estimate of drug-likeness (QED) is 0.359. The number of carbonyl (C=O) groups excluding carboxylic acids is 1. The number of anilines is 1. The summed E-state index contributed by atoms with van der Waals surface area (Å²) < 4.78 is 43.1. The molecule has 1 aliphatic heterocycles. The minimum Gasteiger partial charge on any atom is -0.356 e. The molecular formula is C26H19F3N4O. The lowest BCUT2D eigenvalue weighted by atomic mass is 9.97. The van der Waals surface area contributed by atoms with Crippen LogP contribution in [0.1, 0.15) is 34.8 Å². The van der Waals surface area contributed by atoms with E-state index in [0.717, 1.165) is 22.5 Å². The lowest BCUT2D eigenvalue weighted by molar-refractivity contribution is 0.197. The summed E-state index contributed by atoms with van der Waals surface area (Å²) >= 11 is 0. The number of hydrogen-bond donors (Lipinski definition) is 2. The summed E-state index contributed by atoms with van der Waals surface area (Å²) in [7, 11) is 0. The maximum atomic E-state index is 15.1. The molecule has 1 atom stereocenters. The number of aryl methyl sites for hydroxylation is 1. The fourth-order valence-corrected chi connectivity index (χ4v) is 4.59. The number of nitrogens with one attached hydrogen (secondary N) is 2. The smallest absolute Gasteiger partial charge is 0.322 e. The van der Waals surface area contributed by atoms with Crippen LogP contribution >= 0.6 is 0 Å². The topological polar surface area (TPSA) is 71.9 Å². The first kappa shape index (κ1) is 21.6. The summed E-state index contributed by atoms with van der Waals surface area (Å²) in [5.74, 6) is -4.21. The summed E-state index contributed by atoms with van der Waals surface area (Å²) in [6, 6.07) is 16.5. The molecule has 0 saturated carbocycles. The van der Waals surface area contributed by atoms with Crippen LogP contribution < -0.4 is 5.32 Å². The van der Waals surface area contributed by atoms with E-state index in [1.54, 1.807) is 18.2 Å². The number of nitriles is 1. The van der Waals surface area contributed by atoms with Crippen LogP contribution in [-0.2, 0) is 6.42 Å². The number of halogens is 3. The van der Waals surface area contributed by atoms with E-state index in [2.05, 4.69) is 10.3 Å². The van der Waals surface area contributed by atoms with Gasteiger partial charge in [-0.05, 0) is 48.7 Å². The number of benzene rings is 3. The second-order valence-electron chi connectivity index (χ2n) is 8.15. The van der Waals surface area contributed by atoms with E-state index < -0.39 is 29.5 Å². The number of amides is 2. The Hall–Kier alpha value is -4.25. The van der Waals surface area contributed by atoms with Crippen molar-refractivity contribution in [3.63, 3.8) is 0 Å². The predicted octanol–water partition coefficient (Wildman–Crippen LogP) is 6.03. The number of fused-ring (bicyclic) bond motifs is 3. The van der Waals surface area contributed by atoms with Gasteiger partial charge in [0.1, 0.15) is 6.04 Å². The number of hydrogen-bond acceptors (Lipinski definition) is 2. The first-order valence-corrected chi connectivity index (χ1v) is 10.8. The molecule has 34 heavy (non-hydrogen) atoms. The Morgan fingerprint density at radius 2 is 1.88 bits per heavy atom. The first-order valence-electron chi connectivity index (χ1n) is 10.8. The lowest BCUT2D eigenvalue weighted by Gasteiger charge is -2.31. The Bertz CT molecular complexity index is 1460. The van der Waals surface area contributed by atoms with Crippen molar-refractivity contribution in [2.45, 2.75) is 18.9 Å². The Balaban J connectivity index is 1.65. The highest BCUT2D eigenvalue weighted by molar-refractivity contribution is 5.91. The van der Waals surface area contributed by atoms with Gasteiger partial charge in [-0.1, -0.05) is 30.3 Å². The van der Waals surface area contributed by atoms with E-state index >= 15 is 4.39 Å². The van der Waals surface area contributed by atoms with Crippen molar-refractivity contribution < 1.29 is 18.0 Å². The number of rotatable bonds is 2. The number of urea groups is 1. The molecule has 8 heteroatoms. The number of aromatic amines is 1. The third-order valence-corrected chi connectivity index (χ3v) is 6.12. The molecule has 2 heterocycles. The van der Waals surface area contributed by atoms with Crippen molar-refractivity contribution in [3.8, 4) is 6.07 Å². The molecular weight excluding hydrogens is 441 g/mol. The molecule has 1 unspecified atom stereocenters. The van der Waals surface area contributed by atoms with Gasteiger partial charge < -0.3 is 15.2 Å². The lowest BCUT2D eigenvalue weighted by Crippen LogP contribution is -2.39. The Labute approximate surface area is 193 Å². The molecule has 2 amide bonds. The molecule has 170 valence electrons. The molecule has 2 N–H and O–H groups in total. The van der Waals surface area contributed by atoms with Crippen LogP contribution in [0.15, 0.2) is 60.7 Å². The van der Waals surface area contributed by atoms with E-state index in [-0.39, 0.29) is 12.1 Å². The number of para-hydroxylation sites is 1. The largest absolute Gasteiger partial charge is 0.356 e. The zero-order valence-electron chi connectivity index (χ0n) is 17.9. The van der Waals surface area contributed by atoms with Crippen LogP contribution in [-0.4, -0.2) is 22.5 Å². The summed E-state index contributed by atoms with van der Waals surface area (Å²) in [4.78, 5) is 18.1. The van der Waals surface area contributed by atoms with Crippen LogP contribution in [0.4, 0.5) is 23.7 Å². The molecule has 0 saturated heterocycles. The van der Waals surface area contributed by atoms with E-state index in [1.165, 1.54) is 17.0 Å². The molecule has 0 bridgehead atoms. The number of nitrogens with zero attached hydrogens (tertiary/aromatic N) is 2. The third kappa shape index (κ3) is 3.65. The van der Waals surface area contributed by atoms with Crippen molar-refractivity contribution in [1.29, 1.82) is 5.26 Å². The number of carbonyl (C=O) groups is 1. The van der Waals surface area contributed by atoms with Gasteiger partial charge in [0.15, 0.2) is 17.5 Å². The van der Waals surface area contributed by atoms with Crippen molar-refractivity contribution in [2.24, 2.45) is 0 Å². The Morgan fingerprint density at radius 3 is 2.71 bits per heavy atom. The van der Waals surface area contributed by atoms with Crippen molar-refractivity contribution in [1.82, 2.24) is 9.88 Å². The summed E-state index contributed by atoms with van der Waals surface area (Å²) in [5.41, 5.74) is 2.90. The van der Waals surface area contributed by atoms with Gasteiger partial charge in [0.2, 0.25) is 0 Å². The van der Waals surface area contributed by atoms with Gasteiger partial charge in [0, 0.05) is 34.4 Å².